The van der Waals surface area contributed by atoms with Gasteiger partial charge in [0.05, 0.1) is 0 Å². The van der Waals surface area contributed by atoms with E-state index in [-0.39, 0.29) is 24.0 Å². The molecule has 0 atom stereocenters. The normalized spacial score (nSPS) is 14.4. The summed E-state index contributed by atoms with van der Waals surface area (Å²) in [5.74, 6) is 1.92. The second-order valence-electron chi connectivity index (χ2n) is 6.66. The molecule has 5 nitrogen and oxygen atoms in total. The number of aliphatic imine (C=N–C) groups is 1. The molecule has 1 aromatic carbocycles. The lowest BCUT2D eigenvalue weighted by Crippen LogP contribution is -2.38. The summed E-state index contributed by atoms with van der Waals surface area (Å²) in [6.45, 7) is 3.84. The van der Waals surface area contributed by atoms with Crippen molar-refractivity contribution in [2.45, 2.75) is 32.2 Å². The Bertz CT molecular complexity index is 699. The Morgan fingerprint density at radius 3 is 2.56 bits per heavy atom. The van der Waals surface area contributed by atoms with E-state index in [0.717, 1.165) is 44.4 Å². The molecule has 0 amide bonds. The summed E-state index contributed by atoms with van der Waals surface area (Å²) in [5, 5.41) is 6.77. The van der Waals surface area contributed by atoms with E-state index in [1.165, 1.54) is 30.4 Å². The molecule has 1 aliphatic heterocycles. The Kier molecular flexibility index (Phi) is 9.38. The molecule has 146 valence electrons. The summed E-state index contributed by atoms with van der Waals surface area (Å²) in [4.78, 5) is 11.2. The number of pyridine rings is 1. The van der Waals surface area contributed by atoms with Gasteiger partial charge >= 0.3 is 0 Å². The summed E-state index contributed by atoms with van der Waals surface area (Å²) in [7, 11) is 1.81. The van der Waals surface area contributed by atoms with E-state index >= 15 is 0 Å². The lowest BCUT2D eigenvalue weighted by Gasteiger charge is -2.28. The number of guanidine groups is 1. The Labute approximate surface area is 179 Å². The minimum absolute atomic E-state index is 0. The molecule has 2 aromatic rings. The fraction of sp³-hybridized carbons (Fsp3) is 0.429. The highest BCUT2D eigenvalue weighted by Crippen LogP contribution is 2.18. The molecule has 1 aliphatic rings. The number of rotatable bonds is 6. The molecule has 0 saturated carbocycles. The molecule has 6 heteroatoms. The summed E-state index contributed by atoms with van der Waals surface area (Å²) in [6.07, 6.45) is 6.76. The predicted octanol–water partition coefficient (Wildman–Crippen LogP) is 3.60. The lowest BCUT2D eigenvalue weighted by molar-refractivity contribution is 0.573. The Hall–Kier alpha value is -1.83. The van der Waals surface area contributed by atoms with Crippen LogP contribution in [-0.2, 0) is 13.0 Å². The van der Waals surface area contributed by atoms with Crippen molar-refractivity contribution in [3.8, 4) is 0 Å². The third-order valence-corrected chi connectivity index (χ3v) is 4.72. The number of halogens is 1. The third kappa shape index (κ3) is 7.01. The van der Waals surface area contributed by atoms with Gasteiger partial charge in [0.1, 0.15) is 5.82 Å². The van der Waals surface area contributed by atoms with Gasteiger partial charge in [-0.05, 0) is 48.9 Å². The standard InChI is InChI=1S/C21H29N5.HI/c1-22-21(24-13-10-18-8-4-2-5-9-18)25-17-19-11-12-23-20(16-19)26-14-6-3-7-15-26;/h2,4-5,8-9,11-12,16H,3,6-7,10,13-15,17H2,1H3,(H2,22,24,25);1H. The van der Waals surface area contributed by atoms with Gasteiger partial charge in [-0.25, -0.2) is 4.98 Å². The Morgan fingerprint density at radius 2 is 1.81 bits per heavy atom. The number of nitrogens with zero attached hydrogens (tertiary/aromatic N) is 3. The number of aromatic nitrogens is 1. The molecular weight excluding hydrogens is 449 g/mol. The van der Waals surface area contributed by atoms with Gasteiger partial charge in [0.25, 0.3) is 0 Å². The van der Waals surface area contributed by atoms with Crippen LogP contribution in [0.15, 0.2) is 53.7 Å². The highest BCUT2D eigenvalue weighted by atomic mass is 127. The number of hydrogen-bond acceptors (Lipinski definition) is 3. The topological polar surface area (TPSA) is 52.6 Å². The van der Waals surface area contributed by atoms with Crippen LogP contribution < -0.4 is 15.5 Å². The highest BCUT2D eigenvalue weighted by Gasteiger charge is 2.12. The molecule has 2 N–H and O–H groups in total. The van der Waals surface area contributed by atoms with E-state index in [9.17, 15) is 0 Å². The minimum Gasteiger partial charge on any atom is -0.357 e. The van der Waals surface area contributed by atoms with Crippen molar-refractivity contribution >= 4 is 35.8 Å². The van der Waals surface area contributed by atoms with Crippen LogP contribution >= 0.6 is 24.0 Å². The van der Waals surface area contributed by atoms with Crippen LogP contribution in [0.1, 0.15) is 30.4 Å². The van der Waals surface area contributed by atoms with E-state index in [1.807, 2.05) is 19.3 Å². The number of piperidine rings is 1. The van der Waals surface area contributed by atoms with Gasteiger partial charge in [-0.1, -0.05) is 30.3 Å². The minimum atomic E-state index is 0. The maximum absolute atomic E-state index is 4.55. The average Bonchev–Trinajstić information content (AvgIpc) is 2.72. The second kappa shape index (κ2) is 11.8. The van der Waals surface area contributed by atoms with E-state index in [2.05, 4.69) is 61.9 Å². The molecule has 1 aromatic heterocycles. The van der Waals surface area contributed by atoms with Crippen molar-refractivity contribution in [2.24, 2.45) is 4.99 Å². The molecule has 0 unspecified atom stereocenters. The zero-order valence-electron chi connectivity index (χ0n) is 16.0. The number of anilines is 1. The fourth-order valence-corrected chi connectivity index (χ4v) is 3.24. The van der Waals surface area contributed by atoms with Gasteiger partial charge in [-0.2, -0.15) is 0 Å². The summed E-state index contributed by atoms with van der Waals surface area (Å²) in [6, 6.07) is 14.8. The average molecular weight is 479 g/mol. The van der Waals surface area contributed by atoms with E-state index in [0.29, 0.717) is 0 Å². The molecule has 3 rings (SSSR count). The van der Waals surface area contributed by atoms with Crippen LogP contribution in [0.25, 0.3) is 0 Å². The first kappa shape index (κ1) is 21.5. The van der Waals surface area contributed by atoms with Gasteiger partial charge in [0.2, 0.25) is 0 Å². The predicted molar refractivity (Wildman–Crippen MR) is 124 cm³/mol. The highest BCUT2D eigenvalue weighted by molar-refractivity contribution is 14.0. The van der Waals surface area contributed by atoms with Gasteiger partial charge in [0.15, 0.2) is 5.96 Å². The molecule has 0 radical (unpaired) electrons. The first-order chi connectivity index (χ1) is 12.8. The fourth-order valence-electron chi connectivity index (χ4n) is 3.24. The molecule has 1 saturated heterocycles. The van der Waals surface area contributed by atoms with Crippen LogP contribution in [-0.4, -0.2) is 37.6 Å². The Balaban J connectivity index is 0.00000261. The van der Waals surface area contributed by atoms with Gasteiger partial charge in [-0.15, -0.1) is 24.0 Å². The molecule has 0 aliphatic carbocycles. The molecule has 0 spiro atoms. The quantitative estimate of drug-likeness (QED) is 0.378. The van der Waals surface area contributed by atoms with Crippen molar-refractivity contribution in [1.82, 2.24) is 15.6 Å². The number of nitrogens with one attached hydrogen (secondary N) is 2. The maximum Gasteiger partial charge on any atom is 0.191 e. The smallest absolute Gasteiger partial charge is 0.191 e. The van der Waals surface area contributed by atoms with Crippen molar-refractivity contribution in [1.29, 1.82) is 0 Å². The monoisotopic (exact) mass is 479 g/mol. The number of benzene rings is 1. The van der Waals surface area contributed by atoms with Crippen LogP contribution in [0.3, 0.4) is 0 Å². The summed E-state index contributed by atoms with van der Waals surface area (Å²) >= 11 is 0. The largest absolute Gasteiger partial charge is 0.357 e. The van der Waals surface area contributed by atoms with Crippen molar-refractivity contribution in [3.05, 3.63) is 59.8 Å². The SMILES string of the molecule is CN=C(NCCc1ccccc1)NCc1ccnc(N2CCCCC2)c1.I. The maximum atomic E-state index is 4.55. The molecule has 2 heterocycles. The second-order valence-corrected chi connectivity index (χ2v) is 6.66. The zero-order chi connectivity index (χ0) is 18.0. The number of hydrogen-bond donors (Lipinski definition) is 2. The zero-order valence-corrected chi connectivity index (χ0v) is 18.4. The van der Waals surface area contributed by atoms with Crippen LogP contribution in [0.2, 0.25) is 0 Å². The molecule has 1 fully saturated rings. The van der Waals surface area contributed by atoms with E-state index < -0.39 is 0 Å². The van der Waals surface area contributed by atoms with E-state index in [1.54, 1.807) is 0 Å². The first-order valence-corrected chi connectivity index (χ1v) is 9.53. The van der Waals surface area contributed by atoms with Crippen LogP contribution in [0, 0.1) is 0 Å². The van der Waals surface area contributed by atoms with Gasteiger partial charge in [0, 0.05) is 39.4 Å². The van der Waals surface area contributed by atoms with Crippen molar-refractivity contribution in [3.63, 3.8) is 0 Å². The molecule has 27 heavy (non-hydrogen) atoms. The lowest BCUT2D eigenvalue weighted by atomic mass is 10.1. The summed E-state index contributed by atoms with van der Waals surface area (Å²) in [5.41, 5.74) is 2.56. The van der Waals surface area contributed by atoms with Crippen LogP contribution in [0.5, 0.6) is 0 Å². The van der Waals surface area contributed by atoms with E-state index in [4.69, 9.17) is 0 Å². The molecule has 0 bridgehead atoms. The Morgan fingerprint density at radius 1 is 1.04 bits per heavy atom. The van der Waals surface area contributed by atoms with Gasteiger partial charge < -0.3 is 15.5 Å². The van der Waals surface area contributed by atoms with Crippen LogP contribution in [0.4, 0.5) is 5.82 Å². The van der Waals surface area contributed by atoms with Gasteiger partial charge in [-0.3, -0.25) is 4.99 Å². The van der Waals surface area contributed by atoms with Crippen molar-refractivity contribution < 1.29 is 0 Å². The van der Waals surface area contributed by atoms with Crippen molar-refractivity contribution in [2.75, 3.05) is 31.6 Å². The molecular formula is C21H30IN5. The third-order valence-electron chi connectivity index (χ3n) is 4.72. The summed E-state index contributed by atoms with van der Waals surface area (Å²) < 4.78 is 0. The first-order valence-electron chi connectivity index (χ1n) is 9.53.